The quantitative estimate of drug-likeness (QED) is 0.803. The van der Waals surface area contributed by atoms with Gasteiger partial charge < -0.3 is 10.5 Å². The second-order valence-corrected chi connectivity index (χ2v) is 5.16. The van der Waals surface area contributed by atoms with Gasteiger partial charge >= 0.3 is 0 Å². The maximum atomic E-state index is 5.67. The van der Waals surface area contributed by atoms with Crippen molar-refractivity contribution >= 4 is 0 Å². The molecule has 1 aromatic carbocycles. The number of hydrogen-bond acceptors (Lipinski definition) is 3. The van der Waals surface area contributed by atoms with Gasteiger partial charge in [-0.1, -0.05) is 18.2 Å². The summed E-state index contributed by atoms with van der Waals surface area (Å²) < 4.78 is 5.20. The summed E-state index contributed by atoms with van der Waals surface area (Å²) in [5.41, 5.74) is 9.64. The molecule has 100 valence electrons. The number of nitrogens with two attached hydrogens (primary N) is 1. The van der Waals surface area contributed by atoms with Crippen molar-refractivity contribution in [3.05, 3.63) is 34.9 Å². The van der Waals surface area contributed by atoms with Gasteiger partial charge in [-0.05, 0) is 36.5 Å². The minimum Gasteiger partial charge on any atom is -0.383 e. The van der Waals surface area contributed by atoms with Gasteiger partial charge in [0, 0.05) is 32.8 Å². The van der Waals surface area contributed by atoms with E-state index in [2.05, 4.69) is 30.0 Å². The van der Waals surface area contributed by atoms with Crippen LogP contribution in [0, 0.1) is 6.92 Å². The summed E-state index contributed by atoms with van der Waals surface area (Å²) in [6.07, 6.45) is 2.67. The zero-order chi connectivity index (χ0) is 13.0. The van der Waals surface area contributed by atoms with Gasteiger partial charge in [-0.3, -0.25) is 4.90 Å². The molecule has 18 heavy (non-hydrogen) atoms. The Morgan fingerprint density at radius 3 is 2.72 bits per heavy atom. The Morgan fingerprint density at radius 1 is 1.39 bits per heavy atom. The molecule has 0 atom stereocenters. The van der Waals surface area contributed by atoms with Crippen LogP contribution >= 0.6 is 0 Å². The molecule has 1 aliphatic carbocycles. The van der Waals surface area contributed by atoms with E-state index in [0.29, 0.717) is 6.54 Å². The number of aryl methyl sites for hydroxylation is 1. The SMILES string of the molecule is COCCN(Cc1ccc(CN)cc1C)C1CC1. The molecule has 1 aliphatic rings. The van der Waals surface area contributed by atoms with Crippen molar-refractivity contribution in [1.82, 2.24) is 4.90 Å². The first-order valence-electron chi connectivity index (χ1n) is 6.76. The Labute approximate surface area is 110 Å². The minimum atomic E-state index is 0.622. The van der Waals surface area contributed by atoms with Gasteiger partial charge in [0.05, 0.1) is 6.61 Å². The van der Waals surface area contributed by atoms with Crippen LogP contribution in [0.4, 0.5) is 0 Å². The van der Waals surface area contributed by atoms with Crippen LogP contribution in [0.15, 0.2) is 18.2 Å². The lowest BCUT2D eigenvalue weighted by atomic mass is 10.0. The highest BCUT2D eigenvalue weighted by Crippen LogP contribution is 2.28. The highest BCUT2D eigenvalue weighted by Gasteiger charge is 2.28. The van der Waals surface area contributed by atoms with E-state index < -0.39 is 0 Å². The molecule has 0 aromatic heterocycles. The molecule has 1 fully saturated rings. The third kappa shape index (κ3) is 3.55. The van der Waals surface area contributed by atoms with E-state index in [4.69, 9.17) is 10.5 Å². The molecule has 2 rings (SSSR count). The molecule has 1 saturated carbocycles. The fourth-order valence-corrected chi connectivity index (χ4v) is 2.32. The first-order valence-corrected chi connectivity index (χ1v) is 6.76. The van der Waals surface area contributed by atoms with Crippen LogP contribution in [-0.4, -0.2) is 31.2 Å². The molecule has 3 heteroatoms. The Balaban J connectivity index is 2.01. The van der Waals surface area contributed by atoms with Crippen molar-refractivity contribution < 1.29 is 4.74 Å². The summed E-state index contributed by atoms with van der Waals surface area (Å²) in [5.74, 6) is 0. The topological polar surface area (TPSA) is 38.5 Å². The van der Waals surface area contributed by atoms with E-state index in [0.717, 1.165) is 25.7 Å². The van der Waals surface area contributed by atoms with Crippen molar-refractivity contribution in [3.8, 4) is 0 Å². The molecule has 0 aliphatic heterocycles. The Hall–Kier alpha value is -0.900. The lowest BCUT2D eigenvalue weighted by molar-refractivity contribution is 0.139. The summed E-state index contributed by atoms with van der Waals surface area (Å²) in [7, 11) is 1.77. The standard InChI is InChI=1S/C15H24N2O/c1-12-9-13(10-16)3-4-14(12)11-17(7-8-18-2)15-5-6-15/h3-4,9,15H,5-8,10-11,16H2,1-2H3. The van der Waals surface area contributed by atoms with Crippen molar-refractivity contribution in [2.45, 2.75) is 38.9 Å². The van der Waals surface area contributed by atoms with Crippen LogP contribution in [0.2, 0.25) is 0 Å². The van der Waals surface area contributed by atoms with Crippen molar-refractivity contribution in [2.24, 2.45) is 5.73 Å². The molecule has 0 radical (unpaired) electrons. The van der Waals surface area contributed by atoms with E-state index >= 15 is 0 Å². The highest BCUT2D eigenvalue weighted by atomic mass is 16.5. The average molecular weight is 248 g/mol. The van der Waals surface area contributed by atoms with Crippen LogP contribution in [0.1, 0.15) is 29.5 Å². The molecule has 0 unspecified atom stereocenters. The third-order valence-corrected chi connectivity index (χ3v) is 3.66. The van der Waals surface area contributed by atoms with Crippen LogP contribution in [-0.2, 0) is 17.8 Å². The Bertz CT molecular complexity index is 388. The van der Waals surface area contributed by atoms with E-state index in [1.165, 1.54) is 29.5 Å². The zero-order valence-electron chi connectivity index (χ0n) is 11.5. The molecule has 0 bridgehead atoms. The van der Waals surface area contributed by atoms with Gasteiger partial charge in [0.15, 0.2) is 0 Å². The highest BCUT2D eigenvalue weighted by molar-refractivity contribution is 5.31. The van der Waals surface area contributed by atoms with Gasteiger partial charge in [0.2, 0.25) is 0 Å². The third-order valence-electron chi connectivity index (χ3n) is 3.66. The first-order chi connectivity index (χ1) is 8.74. The molecule has 2 N–H and O–H groups in total. The Morgan fingerprint density at radius 2 is 2.17 bits per heavy atom. The number of ether oxygens (including phenoxy) is 1. The van der Waals surface area contributed by atoms with Crippen LogP contribution < -0.4 is 5.73 Å². The first kappa shape index (κ1) is 13.5. The second kappa shape index (κ2) is 6.32. The van der Waals surface area contributed by atoms with E-state index in [9.17, 15) is 0 Å². The Kier molecular flexibility index (Phi) is 4.75. The number of benzene rings is 1. The fourth-order valence-electron chi connectivity index (χ4n) is 2.32. The number of nitrogens with zero attached hydrogens (tertiary/aromatic N) is 1. The summed E-state index contributed by atoms with van der Waals surface area (Å²) in [5, 5.41) is 0. The lowest BCUT2D eigenvalue weighted by Crippen LogP contribution is -2.29. The normalized spacial score (nSPS) is 15.3. The molecule has 3 nitrogen and oxygen atoms in total. The molecule has 0 saturated heterocycles. The zero-order valence-corrected chi connectivity index (χ0v) is 11.5. The predicted octanol–water partition coefficient (Wildman–Crippen LogP) is 2.06. The number of methoxy groups -OCH3 is 1. The van der Waals surface area contributed by atoms with Crippen LogP contribution in [0.25, 0.3) is 0 Å². The van der Waals surface area contributed by atoms with Crippen molar-refractivity contribution in [3.63, 3.8) is 0 Å². The fraction of sp³-hybridized carbons (Fsp3) is 0.600. The van der Waals surface area contributed by atoms with Gasteiger partial charge in [-0.25, -0.2) is 0 Å². The summed E-state index contributed by atoms with van der Waals surface area (Å²) in [6, 6.07) is 7.34. The predicted molar refractivity (Wildman–Crippen MR) is 74.4 cm³/mol. The molecule has 0 heterocycles. The van der Waals surface area contributed by atoms with Gasteiger partial charge in [-0.15, -0.1) is 0 Å². The van der Waals surface area contributed by atoms with E-state index in [1.54, 1.807) is 7.11 Å². The average Bonchev–Trinajstić information content (AvgIpc) is 3.20. The largest absolute Gasteiger partial charge is 0.383 e. The van der Waals surface area contributed by atoms with Gasteiger partial charge in [-0.2, -0.15) is 0 Å². The van der Waals surface area contributed by atoms with Gasteiger partial charge in [0.1, 0.15) is 0 Å². The molecular formula is C15H24N2O. The van der Waals surface area contributed by atoms with Crippen molar-refractivity contribution in [1.29, 1.82) is 0 Å². The summed E-state index contributed by atoms with van der Waals surface area (Å²) in [4.78, 5) is 2.54. The van der Waals surface area contributed by atoms with E-state index in [1.807, 2.05) is 0 Å². The second-order valence-electron chi connectivity index (χ2n) is 5.16. The van der Waals surface area contributed by atoms with Gasteiger partial charge in [0.25, 0.3) is 0 Å². The lowest BCUT2D eigenvalue weighted by Gasteiger charge is -2.22. The minimum absolute atomic E-state index is 0.622. The number of hydrogen-bond donors (Lipinski definition) is 1. The summed E-state index contributed by atoms with van der Waals surface area (Å²) in [6.45, 7) is 5.67. The maximum Gasteiger partial charge on any atom is 0.0589 e. The van der Waals surface area contributed by atoms with Crippen LogP contribution in [0.3, 0.4) is 0 Å². The molecule has 1 aromatic rings. The maximum absolute atomic E-state index is 5.67. The molecule has 0 amide bonds. The summed E-state index contributed by atoms with van der Waals surface area (Å²) >= 11 is 0. The molecular weight excluding hydrogens is 224 g/mol. The van der Waals surface area contributed by atoms with E-state index in [-0.39, 0.29) is 0 Å². The monoisotopic (exact) mass is 248 g/mol. The number of rotatable bonds is 7. The molecule has 0 spiro atoms. The smallest absolute Gasteiger partial charge is 0.0589 e. The van der Waals surface area contributed by atoms with Crippen molar-refractivity contribution in [2.75, 3.05) is 20.3 Å². The van der Waals surface area contributed by atoms with Crippen LogP contribution in [0.5, 0.6) is 0 Å².